The average Bonchev–Trinajstić information content (AvgIpc) is 2.62. The Hall–Kier alpha value is -2.35. The quantitative estimate of drug-likeness (QED) is 0.626. The summed E-state index contributed by atoms with van der Waals surface area (Å²) in [5.41, 5.74) is 1.02. The number of rotatable bonds is 4. The Balaban J connectivity index is 1.86. The summed E-state index contributed by atoms with van der Waals surface area (Å²) in [6, 6.07) is 7.18. The number of carbonyl (C=O) groups excluding carboxylic acids is 2. The SMILES string of the molecule is CCOC(=O)N1CCC(NC(=S)Nc2ccccc2C(=O)OC)CC1. The molecule has 0 unspecified atom stereocenters. The Morgan fingerprint density at radius 2 is 1.96 bits per heavy atom. The van der Waals surface area contributed by atoms with E-state index < -0.39 is 5.97 Å². The van der Waals surface area contributed by atoms with Crippen molar-refractivity contribution in [2.45, 2.75) is 25.8 Å². The molecule has 2 N–H and O–H groups in total. The first-order valence-electron chi connectivity index (χ1n) is 8.21. The highest BCUT2D eigenvalue weighted by atomic mass is 32.1. The molecule has 0 bridgehead atoms. The van der Waals surface area contributed by atoms with Crippen molar-refractivity contribution in [3.8, 4) is 0 Å². The van der Waals surface area contributed by atoms with Crippen molar-refractivity contribution in [3.05, 3.63) is 29.8 Å². The molecule has 0 saturated carbocycles. The molecule has 7 nitrogen and oxygen atoms in total. The van der Waals surface area contributed by atoms with E-state index in [0.29, 0.717) is 36.1 Å². The molecule has 1 aliphatic rings. The molecule has 0 aromatic heterocycles. The Morgan fingerprint density at radius 1 is 1.28 bits per heavy atom. The monoisotopic (exact) mass is 365 g/mol. The van der Waals surface area contributed by atoms with E-state index in [1.807, 2.05) is 6.07 Å². The topological polar surface area (TPSA) is 79.9 Å². The van der Waals surface area contributed by atoms with Crippen LogP contribution in [-0.4, -0.2) is 54.9 Å². The number of thiocarbonyl (C=S) groups is 1. The molecular weight excluding hydrogens is 342 g/mol. The number of hydrogen-bond acceptors (Lipinski definition) is 5. The number of carbonyl (C=O) groups is 2. The van der Waals surface area contributed by atoms with Crippen molar-refractivity contribution in [1.82, 2.24) is 10.2 Å². The molecule has 0 aliphatic carbocycles. The average molecular weight is 365 g/mol. The van der Waals surface area contributed by atoms with Crippen LogP contribution in [0.2, 0.25) is 0 Å². The maximum atomic E-state index is 11.8. The standard InChI is InChI=1S/C17H23N3O4S/c1-3-24-17(22)20-10-8-12(9-11-20)18-16(25)19-14-7-5-4-6-13(14)15(21)23-2/h4-7,12H,3,8-11H2,1-2H3,(H2,18,19,25). The molecule has 1 aromatic carbocycles. The molecule has 1 aliphatic heterocycles. The molecule has 1 amide bonds. The van der Waals surface area contributed by atoms with Gasteiger partial charge >= 0.3 is 12.1 Å². The van der Waals surface area contributed by atoms with E-state index in [9.17, 15) is 9.59 Å². The van der Waals surface area contributed by atoms with Crippen molar-refractivity contribution < 1.29 is 19.1 Å². The number of piperidine rings is 1. The van der Waals surface area contributed by atoms with E-state index in [1.54, 1.807) is 30.0 Å². The second-order valence-corrected chi connectivity index (χ2v) is 6.00. The lowest BCUT2D eigenvalue weighted by Gasteiger charge is -2.32. The normalized spacial score (nSPS) is 14.6. The minimum Gasteiger partial charge on any atom is -0.465 e. The third-order valence-electron chi connectivity index (χ3n) is 3.94. The highest BCUT2D eigenvalue weighted by molar-refractivity contribution is 7.80. The highest BCUT2D eigenvalue weighted by Gasteiger charge is 2.24. The fourth-order valence-electron chi connectivity index (χ4n) is 2.65. The number of esters is 1. The second kappa shape index (κ2) is 9.22. The maximum Gasteiger partial charge on any atom is 0.409 e. The van der Waals surface area contributed by atoms with E-state index in [2.05, 4.69) is 10.6 Å². The molecular formula is C17H23N3O4S. The van der Waals surface area contributed by atoms with Gasteiger partial charge in [-0.3, -0.25) is 0 Å². The Kier molecular flexibility index (Phi) is 7.00. The number of methoxy groups -OCH3 is 1. The van der Waals surface area contributed by atoms with Gasteiger partial charge in [-0.1, -0.05) is 12.1 Å². The predicted molar refractivity (Wildman–Crippen MR) is 98.8 cm³/mol. The molecule has 25 heavy (non-hydrogen) atoms. The van der Waals surface area contributed by atoms with Gasteiger partial charge in [0.25, 0.3) is 0 Å². The molecule has 8 heteroatoms. The van der Waals surface area contributed by atoms with Gasteiger partial charge in [0.15, 0.2) is 5.11 Å². The van der Waals surface area contributed by atoms with Gasteiger partial charge in [0.05, 0.1) is 25.0 Å². The van der Waals surface area contributed by atoms with E-state index in [1.165, 1.54) is 7.11 Å². The lowest BCUT2D eigenvalue weighted by molar-refractivity contribution is 0.0601. The predicted octanol–water partition coefficient (Wildman–Crippen LogP) is 2.38. The van der Waals surface area contributed by atoms with Crippen LogP contribution in [0.1, 0.15) is 30.1 Å². The third kappa shape index (κ3) is 5.32. The first-order valence-corrected chi connectivity index (χ1v) is 8.62. The molecule has 0 atom stereocenters. The molecule has 1 aromatic rings. The molecule has 1 fully saturated rings. The summed E-state index contributed by atoms with van der Waals surface area (Å²) in [6.07, 6.45) is 1.28. The van der Waals surface area contributed by atoms with Gasteiger partial charge in [-0.2, -0.15) is 0 Å². The largest absolute Gasteiger partial charge is 0.465 e. The van der Waals surface area contributed by atoms with Gasteiger partial charge in [0.2, 0.25) is 0 Å². The van der Waals surface area contributed by atoms with Gasteiger partial charge < -0.3 is 25.0 Å². The summed E-state index contributed by atoms with van der Waals surface area (Å²) in [7, 11) is 1.34. The van der Waals surface area contributed by atoms with Crippen LogP contribution in [0.4, 0.5) is 10.5 Å². The van der Waals surface area contributed by atoms with E-state index in [4.69, 9.17) is 21.7 Å². The van der Waals surface area contributed by atoms with Crippen LogP contribution in [0.3, 0.4) is 0 Å². The fraction of sp³-hybridized carbons (Fsp3) is 0.471. The number of amides is 1. The number of nitrogens with zero attached hydrogens (tertiary/aromatic N) is 1. The van der Waals surface area contributed by atoms with Crippen molar-refractivity contribution >= 4 is 35.1 Å². The molecule has 1 heterocycles. The minimum absolute atomic E-state index is 0.163. The molecule has 136 valence electrons. The Labute approximate surface area is 152 Å². The van der Waals surface area contributed by atoms with E-state index >= 15 is 0 Å². The van der Waals surface area contributed by atoms with Gasteiger partial charge in [-0.15, -0.1) is 0 Å². The third-order valence-corrected chi connectivity index (χ3v) is 4.16. The summed E-state index contributed by atoms with van der Waals surface area (Å²) >= 11 is 5.34. The number of likely N-dealkylation sites (tertiary alicyclic amines) is 1. The second-order valence-electron chi connectivity index (χ2n) is 5.60. The number of ether oxygens (including phenoxy) is 2. The van der Waals surface area contributed by atoms with E-state index in [0.717, 1.165) is 12.8 Å². The van der Waals surface area contributed by atoms with Gasteiger partial charge in [-0.05, 0) is 44.1 Å². The summed E-state index contributed by atoms with van der Waals surface area (Å²) in [6.45, 7) is 3.42. The van der Waals surface area contributed by atoms with Crippen LogP contribution in [0.15, 0.2) is 24.3 Å². The molecule has 1 saturated heterocycles. The minimum atomic E-state index is -0.423. The summed E-state index contributed by atoms with van der Waals surface area (Å²) < 4.78 is 9.78. The summed E-state index contributed by atoms with van der Waals surface area (Å²) in [5.74, 6) is -0.423. The summed E-state index contributed by atoms with van der Waals surface area (Å²) in [5, 5.41) is 6.71. The first-order chi connectivity index (χ1) is 12.0. The fourth-order valence-corrected chi connectivity index (χ4v) is 2.92. The lowest BCUT2D eigenvalue weighted by Crippen LogP contribution is -2.47. The Morgan fingerprint density at radius 3 is 2.60 bits per heavy atom. The number of nitrogens with one attached hydrogen (secondary N) is 2. The number of anilines is 1. The molecule has 2 rings (SSSR count). The first kappa shape index (κ1) is 19.0. The van der Waals surface area contributed by atoms with Crippen molar-refractivity contribution in [3.63, 3.8) is 0 Å². The van der Waals surface area contributed by atoms with Gasteiger partial charge in [0.1, 0.15) is 0 Å². The number of benzene rings is 1. The zero-order valence-electron chi connectivity index (χ0n) is 14.4. The van der Waals surface area contributed by atoms with Crippen molar-refractivity contribution in [2.75, 3.05) is 32.1 Å². The molecule has 0 radical (unpaired) electrons. The zero-order valence-corrected chi connectivity index (χ0v) is 15.2. The van der Waals surface area contributed by atoms with E-state index in [-0.39, 0.29) is 12.1 Å². The summed E-state index contributed by atoms with van der Waals surface area (Å²) in [4.78, 5) is 25.2. The van der Waals surface area contributed by atoms with Crippen LogP contribution in [0.25, 0.3) is 0 Å². The van der Waals surface area contributed by atoms with Crippen molar-refractivity contribution in [2.24, 2.45) is 0 Å². The van der Waals surface area contributed by atoms with Crippen LogP contribution < -0.4 is 10.6 Å². The lowest BCUT2D eigenvalue weighted by atomic mass is 10.1. The van der Waals surface area contributed by atoms with Crippen LogP contribution in [0.5, 0.6) is 0 Å². The number of hydrogen-bond donors (Lipinski definition) is 2. The smallest absolute Gasteiger partial charge is 0.409 e. The zero-order chi connectivity index (χ0) is 18.2. The highest BCUT2D eigenvalue weighted by Crippen LogP contribution is 2.17. The maximum absolute atomic E-state index is 11.8. The van der Waals surface area contributed by atoms with Gasteiger partial charge in [0, 0.05) is 19.1 Å². The van der Waals surface area contributed by atoms with Crippen LogP contribution in [-0.2, 0) is 9.47 Å². The number of para-hydroxylation sites is 1. The van der Waals surface area contributed by atoms with Crippen LogP contribution in [0, 0.1) is 0 Å². The van der Waals surface area contributed by atoms with Crippen LogP contribution >= 0.6 is 12.2 Å². The molecule has 0 spiro atoms. The van der Waals surface area contributed by atoms with Gasteiger partial charge in [-0.25, -0.2) is 9.59 Å². The van der Waals surface area contributed by atoms with Crippen molar-refractivity contribution in [1.29, 1.82) is 0 Å². The Bertz CT molecular complexity index is 630.